The van der Waals surface area contributed by atoms with Crippen LogP contribution in [0.4, 0.5) is 0 Å². The van der Waals surface area contributed by atoms with Gasteiger partial charge in [0.2, 0.25) is 0 Å². The second-order valence-corrected chi connectivity index (χ2v) is 6.55. The van der Waals surface area contributed by atoms with Crippen molar-refractivity contribution in [3.8, 4) is 0 Å². The molecule has 4 heteroatoms. The predicted octanol–water partition coefficient (Wildman–Crippen LogP) is 4.70. The molecule has 2 rings (SSSR count). The topological polar surface area (TPSA) is 24.9 Å². The van der Waals surface area contributed by atoms with Gasteiger partial charge >= 0.3 is 0 Å². The lowest BCUT2D eigenvalue weighted by atomic mass is 10.0. The number of benzene rings is 1. The maximum absolute atomic E-state index is 6.26. The van der Waals surface area contributed by atoms with E-state index in [2.05, 4.69) is 40.8 Å². The Morgan fingerprint density at radius 3 is 2.75 bits per heavy atom. The lowest BCUT2D eigenvalue weighted by molar-refractivity contribution is 0.525. The molecule has 1 atom stereocenters. The Balaban J connectivity index is 2.19. The van der Waals surface area contributed by atoms with Crippen LogP contribution in [0.15, 0.2) is 23.6 Å². The van der Waals surface area contributed by atoms with Crippen LogP contribution in [0.2, 0.25) is 5.02 Å². The zero-order chi connectivity index (χ0) is 14.5. The Bertz CT molecular complexity index is 565. The fourth-order valence-corrected chi connectivity index (χ4v) is 2.98. The SMILES string of the molecule is CCCNC(Cc1csc(C)n1)c1ccc(C)c(Cl)c1. The number of nitrogens with one attached hydrogen (secondary N) is 1. The van der Waals surface area contributed by atoms with E-state index in [9.17, 15) is 0 Å². The number of halogens is 1. The molecular weight excluding hydrogens is 288 g/mol. The minimum Gasteiger partial charge on any atom is -0.310 e. The van der Waals surface area contributed by atoms with E-state index in [1.165, 1.54) is 5.56 Å². The van der Waals surface area contributed by atoms with Crippen molar-refractivity contribution in [2.24, 2.45) is 0 Å². The second-order valence-electron chi connectivity index (χ2n) is 5.08. The molecule has 20 heavy (non-hydrogen) atoms. The summed E-state index contributed by atoms with van der Waals surface area (Å²) in [5, 5.41) is 7.70. The fourth-order valence-electron chi connectivity index (χ4n) is 2.16. The third-order valence-electron chi connectivity index (χ3n) is 3.32. The van der Waals surface area contributed by atoms with Gasteiger partial charge in [0.05, 0.1) is 10.7 Å². The second kappa shape index (κ2) is 7.21. The van der Waals surface area contributed by atoms with Crippen molar-refractivity contribution in [3.05, 3.63) is 50.4 Å². The van der Waals surface area contributed by atoms with Gasteiger partial charge in [-0.3, -0.25) is 0 Å². The monoisotopic (exact) mass is 308 g/mol. The average Bonchev–Trinajstić information content (AvgIpc) is 2.83. The summed E-state index contributed by atoms with van der Waals surface area (Å²) < 4.78 is 0. The molecule has 0 bridgehead atoms. The van der Waals surface area contributed by atoms with Crippen molar-refractivity contribution in [2.45, 2.75) is 39.7 Å². The number of hydrogen-bond acceptors (Lipinski definition) is 3. The highest BCUT2D eigenvalue weighted by Crippen LogP contribution is 2.24. The van der Waals surface area contributed by atoms with E-state index in [1.54, 1.807) is 11.3 Å². The van der Waals surface area contributed by atoms with Crippen LogP contribution in [-0.2, 0) is 6.42 Å². The molecule has 0 fully saturated rings. The Morgan fingerprint density at radius 1 is 1.35 bits per heavy atom. The molecule has 0 saturated heterocycles. The van der Waals surface area contributed by atoms with Crippen LogP contribution >= 0.6 is 22.9 Å². The summed E-state index contributed by atoms with van der Waals surface area (Å²) in [6, 6.07) is 6.59. The number of aromatic nitrogens is 1. The molecule has 108 valence electrons. The van der Waals surface area contributed by atoms with Gasteiger partial charge in [-0.05, 0) is 44.0 Å². The van der Waals surface area contributed by atoms with E-state index in [1.807, 2.05) is 13.8 Å². The summed E-state index contributed by atoms with van der Waals surface area (Å²) in [7, 11) is 0. The number of hydrogen-bond donors (Lipinski definition) is 1. The van der Waals surface area contributed by atoms with Crippen LogP contribution in [0.3, 0.4) is 0 Å². The molecule has 0 aliphatic rings. The van der Waals surface area contributed by atoms with Crippen LogP contribution < -0.4 is 5.32 Å². The predicted molar refractivity (Wildman–Crippen MR) is 87.8 cm³/mol. The van der Waals surface area contributed by atoms with Crippen molar-refractivity contribution in [1.82, 2.24) is 10.3 Å². The average molecular weight is 309 g/mol. The summed E-state index contributed by atoms with van der Waals surface area (Å²) in [5.74, 6) is 0. The van der Waals surface area contributed by atoms with E-state index >= 15 is 0 Å². The zero-order valence-corrected chi connectivity index (χ0v) is 13.8. The van der Waals surface area contributed by atoms with Crippen molar-refractivity contribution >= 4 is 22.9 Å². The number of aryl methyl sites for hydroxylation is 2. The van der Waals surface area contributed by atoms with Gasteiger partial charge in [-0.1, -0.05) is 30.7 Å². The third kappa shape index (κ3) is 4.05. The molecule has 0 saturated carbocycles. The van der Waals surface area contributed by atoms with Crippen molar-refractivity contribution in [3.63, 3.8) is 0 Å². The molecule has 0 amide bonds. The summed E-state index contributed by atoms with van der Waals surface area (Å²) in [6.45, 7) is 7.26. The van der Waals surface area contributed by atoms with Crippen LogP contribution in [0.5, 0.6) is 0 Å². The maximum Gasteiger partial charge on any atom is 0.0897 e. The van der Waals surface area contributed by atoms with Gasteiger partial charge in [0.1, 0.15) is 0 Å². The molecule has 1 N–H and O–H groups in total. The summed E-state index contributed by atoms with van der Waals surface area (Å²) >= 11 is 7.96. The first-order valence-corrected chi connectivity index (χ1v) is 8.26. The molecular formula is C16H21ClN2S. The Labute approximate surface area is 130 Å². The highest BCUT2D eigenvalue weighted by molar-refractivity contribution is 7.09. The van der Waals surface area contributed by atoms with E-state index in [4.69, 9.17) is 11.6 Å². The van der Waals surface area contributed by atoms with Gasteiger partial charge in [0.25, 0.3) is 0 Å². The van der Waals surface area contributed by atoms with Crippen molar-refractivity contribution < 1.29 is 0 Å². The van der Waals surface area contributed by atoms with E-state index in [0.717, 1.165) is 40.7 Å². The largest absolute Gasteiger partial charge is 0.310 e. The van der Waals surface area contributed by atoms with Gasteiger partial charge in [0.15, 0.2) is 0 Å². The molecule has 1 unspecified atom stereocenters. The lowest BCUT2D eigenvalue weighted by Gasteiger charge is -2.19. The molecule has 2 aromatic rings. The van der Waals surface area contributed by atoms with E-state index in [0.29, 0.717) is 0 Å². The molecule has 0 radical (unpaired) electrons. The van der Waals surface area contributed by atoms with E-state index in [-0.39, 0.29) is 6.04 Å². The minimum absolute atomic E-state index is 0.273. The molecule has 1 aromatic carbocycles. The minimum atomic E-state index is 0.273. The van der Waals surface area contributed by atoms with Crippen LogP contribution in [0.1, 0.15) is 41.2 Å². The van der Waals surface area contributed by atoms with Gasteiger partial charge in [-0.2, -0.15) is 0 Å². The standard InChI is InChI=1S/C16H21ClN2S/c1-4-7-18-16(9-14-10-20-12(3)19-14)13-6-5-11(2)15(17)8-13/h5-6,8,10,16,18H,4,7,9H2,1-3H3. The van der Waals surface area contributed by atoms with Crippen molar-refractivity contribution in [2.75, 3.05) is 6.54 Å². The zero-order valence-electron chi connectivity index (χ0n) is 12.2. The molecule has 0 aliphatic carbocycles. The van der Waals surface area contributed by atoms with Crippen LogP contribution in [-0.4, -0.2) is 11.5 Å². The van der Waals surface area contributed by atoms with Gasteiger partial charge in [-0.15, -0.1) is 11.3 Å². The maximum atomic E-state index is 6.26. The van der Waals surface area contributed by atoms with Crippen LogP contribution in [0, 0.1) is 13.8 Å². The first-order chi connectivity index (χ1) is 9.60. The number of rotatable bonds is 6. The highest BCUT2D eigenvalue weighted by atomic mass is 35.5. The Morgan fingerprint density at radius 2 is 2.15 bits per heavy atom. The van der Waals surface area contributed by atoms with Crippen LogP contribution in [0.25, 0.3) is 0 Å². The third-order valence-corrected chi connectivity index (χ3v) is 4.55. The Kier molecular flexibility index (Phi) is 5.58. The van der Waals surface area contributed by atoms with Crippen molar-refractivity contribution in [1.29, 1.82) is 0 Å². The molecule has 0 spiro atoms. The van der Waals surface area contributed by atoms with Gasteiger partial charge < -0.3 is 5.32 Å². The lowest BCUT2D eigenvalue weighted by Crippen LogP contribution is -2.24. The van der Waals surface area contributed by atoms with E-state index < -0.39 is 0 Å². The first kappa shape index (κ1) is 15.5. The summed E-state index contributed by atoms with van der Waals surface area (Å²) in [4.78, 5) is 4.57. The highest BCUT2D eigenvalue weighted by Gasteiger charge is 2.14. The first-order valence-electron chi connectivity index (χ1n) is 7.00. The number of nitrogens with zero attached hydrogens (tertiary/aromatic N) is 1. The summed E-state index contributed by atoms with van der Waals surface area (Å²) in [5.41, 5.74) is 3.51. The number of thiazole rings is 1. The molecule has 0 aliphatic heterocycles. The quantitative estimate of drug-likeness (QED) is 0.837. The Hall–Kier alpha value is -0.900. The normalized spacial score (nSPS) is 12.6. The van der Waals surface area contributed by atoms with Gasteiger partial charge in [-0.25, -0.2) is 4.98 Å². The molecule has 1 aromatic heterocycles. The van der Waals surface area contributed by atoms with Gasteiger partial charge in [0, 0.05) is 22.9 Å². The smallest absolute Gasteiger partial charge is 0.0897 e. The fraction of sp³-hybridized carbons (Fsp3) is 0.438. The summed E-state index contributed by atoms with van der Waals surface area (Å²) in [6.07, 6.45) is 2.02. The molecule has 1 heterocycles. The molecule has 2 nitrogen and oxygen atoms in total.